The zero-order valence-electron chi connectivity index (χ0n) is 18.9. The summed E-state index contributed by atoms with van der Waals surface area (Å²) in [6.07, 6.45) is 2.91. The molecule has 6 nitrogen and oxygen atoms in total. The summed E-state index contributed by atoms with van der Waals surface area (Å²) in [6, 6.07) is 28.1. The van der Waals surface area contributed by atoms with Gasteiger partial charge in [0.25, 0.3) is 0 Å². The number of ether oxygens (including phenoxy) is 1. The lowest BCUT2D eigenvalue weighted by Gasteiger charge is -2.29. The maximum absolute atomic E-state index is 12.2. The quantitative estimate of drug-likeness (QED) is 0.459. The number of rotatable bonds is 10. The van der Waals surface area contributed by atoms with Crippen LogP contribution in [0.1, 0.15) is 41.9 Å². The number of carbonyl (C=O) groups is 2. The van der Waals surface area contributed by atoms with E-state index in [-0.39, 0.29) is 24.3 Å². The van der Waals surface area contributed by atoms with Gasteiger partial charge in [-0.25, -0.2) is 10.2 Å². The fourth-order valence-corrected chi connectivity index (χ4v) is 4.46. The number of benzene rings is 3. The van der Waals surface area contributed by atoms with Crippen LogP contribution >= 0.6 is 0 Å². The molecular formula is C28H28N2O4. The summed E-state index contributed by atoms with van der Waals surface area (Å²) < 4.78 is 5.29. The molecule has 1 heterocycles. The Morgan fingerprint density at radius 1 is 1.00 bits per heavy atom. The first-order chi connectivity index (χ1) is 16.6. The van der Waals surface area contributed by atoms with Gasteiger partial charge in [-0.2, -0.15) is 5.10 Å². The lowest BCUT2D eigenvalue weighted by atomic mass is 9.78. The molecule has 0 aromatic heterocycles. The molecule has 1 aliphatic rings. The Morgan fingerprint density at radius 3 is 2.32 bits per heavy atom. The molecule has 1 aliphatic heterocycles. The highest BCUT2D eigenvalue weighted by molar-refractivity contribution is 6.00. The largest absolute Gasteiger partial charge is 0.482 e. The first kappa shape index (κ1) is 23.2. The summed E-state index contributed by atoms with van der Waals surface area (Å²) in [5.41, 5.74) is 7.06. The summed E-state index contributed by atoms with van der Waals surface area (Å²) in [7, 11) is 0. The number of hydrogen-bond acceptors (Lipinski definition) is 4. The van der Waals surface area contributed by atoms with Crippen LogP contribution in [0.2, 0.25) is 0 Å². The smallest absolute Gasteiger partial charge is 0.341 e. The number of nitrogens with one attached hydrogen (secondary N) is 1. The number of carboxylic acids is 1. The summed E-state index contributed by atoms with van der Waals surface area (Å²) in [5.74, 6) is -0.504. The molecule has 0 fully saturated rings. The van der Waals surface area contributed by atoms with Gasteiger partial charge >= 0.3 is 5.97 Å². The molecule has 0 saturated heterocycles. The zero-order valence-corrected chi connectivity index (χ0v) is 18.9. The van der Waals surface area contributed by atoms with E-state index in [1.807, 2.05) is 54.6 Å². The van der Waals surface area contributed by atoms with Gasteiger partial charge in [0, 0.05) is 18.3 Å². The van der Waals surface area contributed by atoms with E-state index in [0.717, 1.165) is 41.7 Å². The first-order valence-corrected chi connectivity index (χ1v) is 11.5. The number of hydrogen-bond donors (Lipinski definition) is 2. The molecule has 1 atom stereocenters. The summed E-state index contributed by atoms with van der Waals surface area (Å²) in [5, 5.41) is 13.4. The molecule has 0 saturated carbocycles. The second-order valence-corrected chi connectivity index (χ2v) is 8.45. The minimum atomic E-state index is -1.00. The van der Waals surface area contributed by atoms with Gasteiger partial charge in [0.1, 0.15) is 5.75 Å². The SMILES string of the molecule is O=C(O)COc1cccc(CCCC2CC(=O)NN=C2C(c2ccccc2)c2ccccc2)c1. The Hall–Kier alpha value is -3.93. The Kier molecular flexibility index (Phi) is 7.71. The molecule has 0 spiro atoms. The van der Waals surface area contributed by atoms with E-state index in [9.17, 15) is 9.59 Å². The van der Waals surface area contributed by atoms with Crippen LogP contribution in [0.25, 0.3) is 0 Å². The third-order valence-electron chi connectivity index (χ3n) is 6.00. The van der Waals surface area contributed by atoms with Crippen LogP contribution in [0.15, 0.2) is 90.0 Å². The number of amides is 1. The van der Waals surface area contributed by atoms with Crippen molar-refractivity contribution in [2.75, 3.05) is 6.61 Å². The van der Waals surface area contributed by atoms with Gasteiger partial charge in [-0.1, -0.05) is 72.8 Å². The van der Waals surface area contributed by atoms with E-state index in [2.05, 4.69) is 34.8 Å². The highest BCUT2D eigenvalue weighted by atomic mass is 16.5. The van der Waals surface area contributed by atoms with Gasteiger partial charge in [0.15, 0.2) is 6.61 Å². The lowest BCUT2D eigenvalue weighted by Crippen LogP contribution is -2.36. The Labute approximate surface area is 199 Å². The van der Waals surface area contributed by atoms with E-state index in [0.29, 0.717) is 12.2 Å². The van der Waals surface area contributed by atoms with Crippen LogP contribution in [0, 0.1) is 5.92 Å². The summed E-state index contributed by atoms with van der Waals surface area (Å²) in [6.45, 7) is -0.360. The monoisotopic (exact) mass is 456 g/mol. The van der Waals surface area contributed by atoms with Crippen molar-refractivity contribution in [1.82, 2.24) is 5.43 Å². The molecule has 0 radical (unpaired) electrons. The molecule has 4 rings (SSSR count). The van der Waals surface area contributed by atoms with Gasteiger partial charge in [-0.15, -0.1) is 0 Å². The minimum absolute atomic E-state index is 0.0271. The number of aryl methyl sites for hydroxylation is 1. The molecule has 1 unspecified atom stereocenters. The van der Waals surface area contributed by atoms with Crippen molar-refractivity contribution in [3.05, 3.63) is 102 Å². The average molecular weight is 457 g/mol. The number of carboxylic acid groups (broad SMARTS) is 1. The summed E-state index contributed by atoms with van der Waals surface area (Å²) >= 11 is 0. The highest BCUT2D eigenvalue weighted by Crippen LogP contribution is 2.33. The van der Waals surface area contributed by atoms with Crippen molar-refractivity contribution in [2.24, 2.45) is 11.0 Å². The highest BCUT2D eigenvalue weighted by Gasteiger charge is 2.31. The van der Waals surface area contributed by atoms with E-state index in [1.165, 1.54) is 0 Å². The van der Waals surface area contributed by atoms with Crippen molar-refractivity contribution in [2.45, 2.75) is 31.6 Å². The van der Waals surface area contributed by atoms with Gasteiger partial charge in [-0.3, -0.25) is 4.79 Å². The van der Waals surface area contributed by atoms with Crippen molar-refractivity contribution in [3.63, 3.8) is 0 Å². The molecule has 0 bridgehead atoms. The molecule has 34 heavy (non-hydrogen) atoms. The van der Waals surface area contributed by atoms with Crippen molar-refractivity contribution < 1.29 is 19.4 Å². The topological polar surface area (TPSA) is 88.0 Å². The normalized spacial score (nSPS) is 15.5. The van der Waals surface area contributed by atoms with Crippen molar-refractivity contribution >= 4 is 17.6 Å². The van der Waals surface area contributed by atoms with Gasteiger partial charge in [-0.05, 0) is 48.1 Å². The van der Waals surface area contributed by atoms with Crippen molar-refractivity contribution in [1.29, 1.82) is 0 Å². The van der Waals surface area contributed by atoms with E-state index in [1.54, 1.807) is 6.07 Å². The standard InChI is InChI=1S/C28H28N2O4/c31-25-18-23(15-7-9-20-10-8-16-24(17-20)34-19-26(32)33)28(30-29-25)27(21-11-3-1-4-12-21)22-13-5-2-6-14-22/h1-6,8,10-14,16-17,23,27H,7,9,15,18-19H2,(H,29,31)(H,32,33). The lowest BCUT2D eigenvalue weighted by molar-refractivity contribution is -0.139. The molecule has 2 N–H and O–H groups in total. The molecule has 1 amide bonds. The number of hydrazone groups is 1. The van der Waals surface area contributed by atoms with Gasteiger partial charge in [0.2, 0.25) is 5.91 Å². The molecule has 3 aromatic rings. The Bertz CT molecular complexity index is 1110. The fourth-order valence-electron chi connectivity index (χ4n) is 4.46. The van der Waals surface area contributed by atoms with E-state index in [4.69, 9.17) is 9.84 Å². The summed E-state index contributed by atoms with van der Waals surface area (Å²) in [4.78, 5) is 23.0. The van der Waals surface area contributed by atoms with Crippen LogP contribution in [0.5, 0.6) is 5.75 Å². The zero-order chi connectivity index (χ0) is 23.8. The molecule has 174 valence electrons. The minimum Gasteiger partial charge on any atom is -0.482 e. The van der Waals surface area contributed by atoms with Crippen LogP contribution in [0.4, 0.5) is 0 Å². The Morgan fingerprint density at radius 2 is 1.68 bits per heavy atom. The van der Waals surface area contributed by atoms with Gasteiger partial charge in [0.05, 0.1) is 5.71 Å². The molecule has 0 aliphatic carbocycles. The van der Waals surface area contributed by atoms with Crippen LogP contribution in [0.3, 0.4) is 0 Å². The van der Waals surface area contributed by atoms with E-state index >= 15 is 0 Å². The van der Waals surface area contributed by atoms with Crippen LogP contribution in [-0.2, 0) is 16.0 Å². The first-order valence-electron chi connectivity index (χ1n) is 11.5. The van der Waals surface area contributed by atoms with Gasteiger partial charge < -0.3 is 9.84 Å². The number of nitrogens with zero attached hydrogens (tertiary/aromatic N) is 1. The Balaban J connectivity index is 1.50. The second kappa shape index (κ2) is 11.3. The maximum atomic E-state index is 12.2. The van der Waals surface area contributed by atoms with Crippen LogP contribution in [-0.4, -0.2) is 29.3 Å². The van der Waals surface area contributed by atoms with Crippen LogP contribution < -0.4 is 10.2 Å². The predicted molar refractivity (Wildman–Crippen MR) is 131 cm³/mol. The molecule has 6 heteroatoms. The maximum Gasteiger partial charge on any atom is 0.341 e. The third kappa shape index (κ3) is 6.10. The number of carbonyl (C=O) groups excluding carboxylic acids is 1. The average Bonchev–Trinajstić information content (AvgIpc) is 2.86. The second-order valence-electron chi connectivity index (χ2n) is 8.45. The molecule has 3 aromatic carbocycles. The van der Waals surface area contributed by atoms with E-state index < -0.39 is 5.97 Å². The third-order valence-corrected chi connectivity index (χ3v) is 6.00. The fraction of sp³-hybridized carbons (Fsp3) is 0.250. The van der Waals surface area contributed by atoms with Crippen molar-refractivity contribution in [3.8, 4) is 5.75 Å². The predicted octanol–water partition coefficient (Wildman–Crippen LogP) is 4.80. The number of aliphatic carboxylic acids is 1. The molecular weight excluding hydrogens is 428 g/mol.